The quantitative estimate of drug-likeness (QED) is 0.682. The summed E-state index contributed by atoms with van der Waals surface area (Å²) in [6.45, 7) is 6.28. The number of rotatable bonds is 3. The molecule has 0 aliphatic carbocycles. The van der Waals surface area contributed by atoms with E-state index in [1.165, 1.54) is 10.5 Å². The molecule has 2 bridgehead atoms. The molecule has 32 heavy (non-hydrogen) atoms. The van der Waals surface area contributed by atoms with Crippen LogP contribution >= 0.6 is 11.8 Å². The highest BCUT2D eigenvalue weighted by molar-refractivity contribution is 7.99. The van der Waals surface area contributed by atoms with Crippen LogP contribution < -0.4 is 15.4 Å². The second-order valence-corrected chi connectivity index (χ2v) is 9.94. The van der Waals surface area contributed by atoms with E-state index in [9.17, 15) is 9.59 Å². The van der Waals surface area contributed by atoms with E-state index in [0.717, 1.165) is 29.9 Å². The van der Waals surface area contributed by atoms with E-state index in [4.69, 9.17) is 4.74 Å². The fourth-order valence-electron chi connectivity index (χ4n) is 3.72. The largest absolute Gasteiger partial charge is 0.491 e. The first-order valence-electron chi connectivity index (χ1n) is 11.5. The summed E-state index contributed by atoms with van der Waals surface area (Å²) >= 11 is 1.83. The number of amides is 2. The van der Waals surface area contributed by atoms with Crippen molar-refractivity contribution in [3.8, 4) is 16.9 Å². The number of carbonyl (C=O) groups excluding carboxylic acids is 2. The van der Waals surface area contributed by atoms with E-state index in [-0.39, 0.29) is 23.8 Å². The standard InChI is InChI=1S/C26H34N2O3S/c1-18(2)15-25(29)28-23-12-6-7-14-32-24-13-5-4-11-22(24)20-9-8-10-21(16-20)31-17-19(3)27-26(23)30/h4-5,8-11,13,16,18-19,23H,6-7,12,14-15,17H2,1-3H3,(H,27,30)(H,28,29)/t19-,23+/m1/s1. The van der Waals surface area contributed by atoms with Gasteiger partial charge in [0.2, 0.25) is 11.8 Å². The molecule has 172 valence electrons. The van der Waals surface area contributed by atoms with Crippen LogP contribution in [-0.4, -0.2) is 36.3 Å². The summed E-state index contributed by atoms with van der Waals surface area (Å²) in [6, 6.07) is 15.8. The molecule has 2 amide bonds. The normalized spacial score (nSPS) is 20.1. The van der Waals surface area contributed by atoms with Gasteiger partial charge in [0.15, 0.2) is 0 Å². The van der Waals surface area contributed by atoms with E-state index in [0.29, 0.717) is 19.4 Å². The Morgan fingerprint density at radius 1 is 1.19 bits per heavy atom. The van der Waals surface area contributed by atoms with Crippen molar-refractivity contribution in [3.63, 3.8) is 0 Å². The van der Waals surface area contributed by atoms with Crippen LogP contribution in [0.25, 0.3) is 11.1 Å². The van der Waals surface area contributed by atoms with Crippen LogP contribution in [0, 0.1) is 5.92 Å². The zero-order valence-electron chi connectivity index (χ0n) is 19.2. The van der Waals surface area contributed by atoms with Crippen molar-refractivity contribution in [2.75, 3.05) is 12.4 Å². The van der Waals surface area contributed by atoms with Crippen molar-refractivity contribution in [1.29, 1.82) is 0 Å². The predicted octanol–water partition coefficient (Wildman–Crippen LogP) is 5.04. The number of benzene rings is 2. The van der Waals surface area contributed by atoms with Gasteiger partial charge in [-0.2, -0.15) is 0 Å². The lowest BCUT2D eigenvalue weighted by molar-refractivity contribution is -0.130. The summed E-state index contributed by atoms with van der Waals surface area (Å²) < 4.78 is 5.98. The minimum Gasteiger partial charge on any atom is -0.491 e. The molecule has 6 heteroatoms. The van der Waals surface area contributed by atoms with E-state index >= 15 is 0 Å². The van der Waals surface area contributed by atoms with Crippen molar-refractivity contribution in [1.82, 2.24) is 10.6 Å². The molecule has 0 saturated heterocycles. The lowest BCUT2D eigenvalue weighted by Crippen LogP contribution is -2.50. The van der Waals surface area contributed by atoms with Gasteiger partial charge in [0.1, 0.15) is 18.4 Å². The third-order valence-corrected chi connectivity index (χ3v) is 6.47. The lowest BCUT2D eigenvalue weighted by Gasteiger charge is -2.22. The highest BCUT2D eigenvalue weighted by Gasteiger charge is 2.22. The number of thioether (sulfide) groups is 1. The van der Waals surface area contributed by atoms with Gasteiger partial charge in [0.25, 0.3) is 0 Å². The molecule has 3 rings (SSSR count). The number of ether oxygens (including phenoxy) is 1. The lowest BCUT2D eigenvalue weighted by atomic mass is 10.1. The Kier molecular flexibility index (Phi) is 9.03. The van der Waals surface area contributed by atoms with Crippen molar-refractivity contribution in [3.05, 3.63) is 48.5 Å². The van der Waals surface area contributed by atoms with Crippen LogP contribution in [0.1, 0.15) is 46.5 Å². The number of nitrogens with one attached hydrogen (secondary N) is 2. The first-order chi connectivity index (χ1) is 15.4. The maximum absolute atomic E-state index is 12.9. The molecule has 0 aromatic heterocycles. The molecule has 0 unspecified atom stereocenters. The van der Waals surface area contributed by atoms with Gasteiger partial charge in [-0.15, -0.1) is 11.8 Å². The Balaban J connectivity index is 1.77. The minimum atomic E-state index is -0.516. The number of carbonyl (C=O) groups is 2. The van der Waals surface area contributed by atoms with Gasteiger partial charge in [-0.25, -0.2) is 0 Å². The second-order valence-electron chi connectivity index (χ2n) is 8.81. The fourth-order valence-corrected chi connectivity index (χ4v) is 4.80. The van der Waals surface area contributed by atoms with Crippen LogP contribution in [0.2, 0.25) is 0 Å². The summed E-state index contributed by atoms with van der Waals surface area (Å²) in [4.78, 5) is 26.5. The molecule has 1 heterocycles. The minimum absolute atomic E-state index is 0.0708. The zero-order chi connectivity index (χ0) is 22.9. The summed E-state index contributed by atoms with van der Waals surface area (Å²) in [5, 5.41) is 5.95. The van der Waals surface area contributed by atoms with Gasteiger partial charge in [0.05, 0.1) is 6.04 Å². The summed E-state index contributed by atoms with van der Waals surface area (Å²) in [7, 11) is 0. The first-order valence-corrected chi connectivity index (χ1v) is 12.5. The van der Waals surface area contributed by atoms with Gasteiger partial charge in [-0.05, 0) is 60.8 Å². The average molecular weight is 455 g/mol. The van der Waals surface area contributed by atoms with Crippen LogP contribution in [-0.2, 0) is 9.59 Å². The molecule has 2 atom stereocenters. The van der Waals surface area contributed by atoms with E-state index in [1.807, 2.05) is 44.7 Å². The Hall–Kier alpha value is -2.47. The summed E-state index contributed by atoms with van der Waals surface area (Å²) in [5.74, 6) is 1.77. The number of fused-ring (bicyclic) bond motifs is 4. The highest BCUT2D eigenvalue weighted by Crippen LogP contribution is 2.33. The smallest absolute Gasteiger partial charge is 0.242 e. The van der Waals surface area contributed by atoms with Gasteiger partial charge in [-0.3, -0.25) is 9.59 Å². The molecule has 0 saturated carbocycles. The Bertz CT molecular complexity index is 915. The van der Waals surface area contributed by atoms with E-state index in [1.54, 1.807) is 0 Å². The maximum Gasteiger partial charge on any atom is 0.242 e. The molecule has 0 spiro atoms. The van der Waals surface area contributed by atoms with Crippen molar-refractivity contribution in [2.45, 2.75) is 63.4 Å². The first kappa shape index (κ1) is 24.2. The number of hydrogen-bond donors (Lipinski definition) is 2. The van der Waals surface area contributed by atoms with Crippen LogP contribution in [0.4, 0.5) is 0 Å². The highest BCUT2D eigenvalue weighted by atomic mass is 32.2. The molecule has 1 aliphatic rings. The van der Waals surface area contributed by atoms with Gasteiger partial charge >= 0.3 is 0 Å². The Labute approximate surface area is 195 Å². The average Bonchev–Trinajstić information content (AvgIpc) is 2.76. The van der Waals surface area contributed by atoms with Crippen molar-refractivity contribution < 1.29 is 14.3 Å². The third kappa shape index (κ3) is 7.30. The van der Waals surface area contributed by atoms with E-state index < -0.39 is 6.04 Å². The predicted molar refractivity (Wildman–Crippen MR) is 131 cm³/mol. The van der Waals surface area contributed by atoms with Crippen molar-refractivity contribution in [2.24, 2.45) is 5.92 Å². The molecule has 1 aliphatic heterocycles. The van der Waals surface area contributed by atoms with Gasteiger partial charge < -0.3 is 15.4 Å². The van der Waals surface area contributed by atoms with Crippen molar-refractivity contribution >= 4 is 23.6 Å². The zero-order valence-corrected chi connectivity index (χ0v) is 20.0. The molecule has 2 N–H and O–H groups in total. The van der Waals surface area contributed by atoms with Crippen LogP contribution in [0.3, 0.4) is 0 Å². The fraction of sp³-hybridized carbons (Fsp3) is 0.462. The molecular formula is C26H34N2O3S. The van der Waals surface area contributed by atoms with Crippen LogP contribution in [0.5, 0.6) is 5.75 Å². The maximum atomic E-state index is 12.9. The number of hydrogen-bond acceptors (Lipinski definition) is 4. The molecule has 0 radical (unpaired) electrons. The third-order valence-electron chi connectivity index (χ3n) is 5.31. The molecule has 2 aromatic carbocycles. The molecule has 0 fully saturated rings. The Morgan fingerprint density at radius 3 is 2.81 bits per heavy atom. The molecular weight excluding hydrogens is 420 g/mol. The van der Waals surface area contributed by atoms with Crippen LogP contribution in [0.15, 0.2) is 53.4 Å². The summed E-state index contributed by atoms with van der Waals surface area (Å²) in [5.41, 5.74) is 2.33. The second kappa shape index (κ2) is 12.0. The van der Waals surface area contributed by atoms with E-state index in [2.05, 4.69) is 47.0 Å². The Morgan fingerprint density at radius 2 is 2.00 bits per heavy atom. The topological polar surface area (TPSA) is 67.4 Å². The monoisotopic (exact) mass is 454 g/mol. The summed E-state index contributed by atoms with van der Waals surface area (Å²) in [6.07, 6.45) is 2.90. The SMILES string of the molecule is CC(C)CC(=O)N[C@H]1CCCCSc2ccccc2-c2cccc(c2)OC[C@@H](C)NC1=O. The molecule has 5 nitrogen and oxygen atoms in total. The molecule has 2 aromatic rings. The van der Waals surface area contributed by atoms with Gasteiger partial charge in [0, 0.05) is 11.3 Å². The van der Waals surface area contributed by atoms with Gasteiger partial charge in [-0.1, -0.05) is 50.6 Å².